The van der Waals surface area contributed by atoms with Gasteiger partial charge in [0.1, 0.15) is 29.5 Å². The molecule has 2 aliphatic carbocycles. The first-order chi connectivity index (χ1) is 27.6. The van der Waals surface area contributed by atoms with Gasteiger partial charge in [0.15, 0.2) is 0 Å². The summed E-state index contributed by atoms with van der Waals surface area (Å²) in [6.07, 6.45) is 0.586. The normalized spacial score (nSPS) is 29.1. The summed E-state index contributed by atoms with van der Waals surface area (Å²) in [4.78, 5) is 62.4. The van der Waals surface area contributed by atoms with Crippen molar-refractivity contribution in [3.8, 4) is 11.6 Å². The van der Waals surface area contributed by atoms with E-state index in [2.05, 4.69) is 20.3 Å². The summed E-state index contributed by atoms with van der Waals surface area (Å²) < 4.78 is 86.0. The molecule has 2 saturated carbocycles. The van der Waals surface area contributed by atoms with E-state index in [9.17, 15) is 40.8 Å². The highest BCUT2D eigenvalue weighted by Crippen LogP contribution is 2.48. The Morgan fingerprint density at radius 1 is 1.08 bits per heavy atom. The fourth-order valence-electron chi connectivity index (χ4n) is 7.92. The van der Waals surface area contributed by atoms with E-state index >= 15 is 0 Å². The third-order valence-electron chi connectivity index (χ3n) is 12.2. The summed E-state index contributed by atoms with van der Waals surface area (Å²) >= 11 is 0. The minimum Gasteiger partial charge on any atom is -0.492 e. The van der Waals surface area contributed by atoms with Gasteiger partial charge in [0.25, 0.3) is 5.91 Å². The molecule has 7 atom stereocenters. The fraction of sp³-hybridized carbons (Fsp3) is 0.634. The number of alkyl halides is 3. The molecule has 6 rings (SSSR count). The van der Waals surface area contributed by atoms with Gasteiger partial charge < -0.3 is 29.7 Å². The van der Waals surface area contributed by atoms with E-state index in [4.69, 9.17) is 14.2 Å². The molecule has 59 heavy (non-hydrogen) atoms. The molecule has 0 bridgehead atoms. The van der Waals surface area contributed by atoms with E-state index in [1.54, 1.807) is 32.1 Å². The van der Waals surface area contributed by atoms with Crippen LogP contribution >= 0.6 is 0 Å². The van der Waals surface area contributed by atoms with Crippen LogP contribution in [-0.2, 0) is 29.1 Å². The van der Waals surface area contributed by atoms with Crippen LogP contribution in [0.15, 0.2) is 42.6 Å². The van der Waals surface area contributed by atoms with Crippen molar-refractivity contribution in [3.05, 3.63) is 42.6 Å². The average molecular weight is 850 g/mol. The number of alkyl carbamates (subject to hydrolysis) is 1. The number of aromatic nitrogens is 1. The first-order valence-electron chi connectivity index (χ1n) is 20.2. The number of carbonyl (C=O) groups is 4. The average Bonchev–Trinajstić information content (AvgIpc) is 4.04. The third kappa shape index (κ3) is 9.11. The van der Waals surface area contributed by atoms with Crippen molar-refractivity contribution < 1.29 is 55.0 Å². The zero-order chi connectivity index (χ0) is 43.1. The van der Waals surface area contributed by atoms with Crippen molar-refractivity contribution in [1.82, 2.24) is 25.2 Å². The van der Waals surface area contributed by atoms with Gasteiger partial charge in [-0.3, -0.25) is 19.1 Å². The lowest BCUT2D eigenvalue weighted by atomic mass is 9.85. The summed E-state index contributed by atoms with van der Waals surface area (Å²) in [6.45, 7) is 8.72. The number of allylic oxidation sites excluding steroid dienone is 1. The summed E-state index contributed by atoms with van der Waals surface area (Å²) in [5.41, 5.74) is -4.53. The van der Waals surface area contributed by atoms with Crippen molar-refractivity contribution in [2.45, 2.75) is 133 Å². The van der Waals surface area contributed by atoms with Crippen LogP contribution in [0.3, 0.4) is 0 Å². The number of fused-ring (bicyclic) bond motifs is 3. The number of halogens is 3. The first-order valence-corrected chi connectivity index (χ1v) is 21.7. The van der Waals surface area contributed by atoms with Crippen molar-refractivity contribution in [3.63, 3.8) is 0 Å². The zero-order valence-electron chi connectivity index (χ0n) is 34.2. The van der Waals surface area contributed by atoms with Crippen molar-refractivity contribution in [1.29, 1.82) is 0 Å². The topological polar surface area (TPSA) is 182 Å². The van der Waals surface area contributed by atoms with E-state index in [-0.39, 0.29) is 31.2 Å². The number of pyridine rings is 1. The smallest absolute Gasteiger partial charge is 0.427 e. The maximum Gasteiger partial charge on any atom is 0.427 e. The van der Waals surface area contributed by atoms with E-state index in [1.165, 1.54) is 11.1 Å². The Hall–Kier alpha value is -4.61. The second-order valence-corrected chi connectivity index (χ2v) is 19.3. The largest absolute Gasteiger partial charge is 0.492 e. The number of rotatable bonds is 10. The van der Waals surface area contributed by atoms with E-state index < -0.39 is 85.9 Å². The van der Waals surface area contributed by atoms with Gasteiger partial charge >= 0.3 is 12.3 Å². The number of amides is 4. The molecule has 3 N–H and O–H groups in total. The molecule has 2 aliphatic heterocycles. The number of carbonyl (C=O) groups excluding carboxylic acids is 4. The molecule has 18 heteroatoms. The lowest BCUT2D eigenvalue weighted by molar-refractivity contribution is -0.244. The van der Waals surface area contributed by atoms with Crippen molar-refractivity contribution in [2.75, 3.05) is 13.2 Å². The number of benzene rings is 1. The minimum atomic E-state index is -4.91. The lowest BCUT2D eigenvalue weighted by Gasteiger charge is -2.35. The van der Waals surface area contributed by atoms with Crippen LogP contribution in [0.1, 0.15) is 92.9 Å². The number of hydrogen-bond donors (Lipinski definition) is 3. The molecule has 3 heterocycles. The predicted octanol–water partition coefficient (Wildman–Crippen LogP) is 5.69. The Labute approximate surface area is 342 Å². The highest BCUT2D eigenvalue weighted by atomic mass is 32.2. The zero-order valence-corrected chi connectivity index (χ0v) is 35.0. The molecule has 0 unspecified atom stereocenters. The van der Waals surface area contributed by atoms with Gasteiger partial charge in [-0.2, -0.15) is 13.2 Å². The number of ether oxygens (including phenoxy) is 3. The Morgan fingerprint density at radius 2 is 1.78 bits per heavy atom. The van der Waals surface area contributed by atoms with Gasteiger partial charge in [-0.05, 0) is 84.1 Å². The molecule has 1 aromatic carbocycles. The summed E-state index contributed by atoms with van der Waals surface area (Å²) in [7, 11) is -4.08. The highest BCUT2D eigenvalue weighted by molar-refractivity contribution is 7.91. The van der Waals surface area contributed by atoms with Crippen LogP contribution in [-0.4, -0.2) is 95.5 Å². The Balaban J connectivity index is 1.37. The van der Waals surface area contributed by atoms with Crippen molar-refractivity contribution >= 4 is 44.6 Å². The van der Waals surface area contributed by atoms with Crippen LogP contribution < -0.4 is 24.8 Å². The van der Waals surface area contributed by atoms with Crippen LogP contribution in [0.4, 0.5) is 18.0 Å². The van der Waals surface area contributed by atoms with Gasteiger partial charge in [-0.1, -0.05) is 50.6 Å². The summed E-state index contributed by atoms with van der Waals surface area (Å²) in [5.74, 6) is -2.87. The molecule has 3 fully saturated rings. The SMILES string of the molecule is CCOc1cnc(O[C@@H]2C[C@H]3C(=O)N[C@]4(C(=O)NS(=O)(=O)C5(C)CC5)C[C@@H]4/C=C\CC[C@@H](C)C[C@@H](CC)[C@H](NC(=O)OC(C)(C)C(F)(F)F)C(=O)N3C2)c2ccccc12. The van der Waals surface area contributed by atoms with Crippen molar-refractivity contribution in [2.24, 2.45) is 17.8 Å². The number of sulfonamides is 1. The number of nitrogens with zero attached hydrogens (tertiary/aromatic N) is 2. The fourth-order valence-corrected chi connectivity index (χ4v) is 9.24. The van der Waals surface area contributed by atoms with Crippen LogP contribution in [0, 0.1) is 17.8 Å². The third-order valence-corrected chi connectivity index (χ3v) is 14.4. The van der Waals surface area contributed by atoms with E-state index in [0.717, 1.165) is 0 Å². The van der Waals surface area contributed by atoms with E-state index in [1.807, 2.05) is 32.1 Å². The molecule has 4 amide bonds. The Morgan fingerprint density at radius 3 is 2.42 bits per heavy atom. The number of hydrogen-bond acceptors (Lipinski definition) is 10. The quantitative estimate of drug-likeness (QED) is 0.251. The van der Waals surface area contributed by atoms with E-state index in [0.29, 0.717) is 75.5 Å². The summed E-state index contributed by atoms with van der Waals surface area (Å²) in [5, 5.41) is 6.56. The van der Waals surface area contributed by atoms with Gasteiger partial charge in [-0.25, -0.2) is 18.2 Å². The second-order valence-electron chi connectivity index (χ2n) is 17.1. The molecule has 1 aromatic heterocycles. The molecule has 14 nitrogen and oxygen atoms in total. The van der Waals surface area contributed by atoms with Crippen LogP contribution in [0.25, 0.3) is 10.8 Å². The van der Waals surface area contributed by atoms with Gasteiger partial charge in [0, 0.05) is 23.1 Å². The van der Waals surface area contributed by atoms with Crippen LogP contribution in [0.2, 0.25) is 0 Å². The Kier molecular flexibility index (Phi) is 12.3. The first kappa shape index (κ1) is 44.0. The summed E-state index contributed by atoms with van der Waals surface area (Å²) in [6, 6.07) is 4.49. The van der Waals surface area contributed by atoms with Crippen LogP contribution in [0.5, 0.6) is 11.6 Å². The van der Waals surface area contributed by atoms with Gasteiger partial charge in [-0.15, -0.1) is 0 Å². The second kappa shape index (κ2) is 16.4. The molecule has 0 radical (unpaired) electrons. The lowest BCUT2D eigenvalue weighted by Crippen LogP contribution is -2.60. The highest BCUT2D eigenvalue weighted by Gasteiger charge is 2.63. The predicted molar refractivity (Wildman–Crippen MR) is 211 cm³/mol. The molecule has 324 valence electrons. The molecule has 4 aliphatic rings. The molecule has 0 spiro atoms. The molecule has 1 saturated heterocycles. The monoisotopic (exact) mass is 849 g/mol. The molecular weight excluding hydrogens is 796 g/mol. The van der Waals surface area contributed by atoms with Gasteiger partial charge in [0.2, 0.25) is 33.3 Å². The standard InChI is InChI=1S/C41H54F3N5O9S/c1-7-25-19-24(3)13-9-10-14-26-21-40(26,36(52)48-59(54,55)39(6)17-18-39)47-33(50)30-20-27(57-34-29-16-12-11-15-28(29)31(22-45-34)56-8-2)23-49(30)35(51)32(25)46-37(53)58-38(4,5)41(42,43)44/h10-12,14-16,22,24-27,30,32H,7-9,13,17-21,23H2,1-6H3,(H,46,53)(H,47,50)(H,48,52)/b14-10-/t24-,25-,26+,27-,30+,32+,40-/m1/s1. The van der Waals surface area contributed by atoms with Gasteiger partial charge in [0.05, 0.1) is 24.1 Å². The maximum absolute atomic E-state index is 14.9. The number of nitrogens with one attached hydrogen (secondary N) is 3. The molecule has 2 aromatic rings. The minimum absolute atomic E-state index is 0.0321. The molecular formula is C41H54F3N5O9S. The maximum atomic E-state index is 14.9. The Bertz CT molecular complexity index is 2090.